The lowest BCUT2D eigenvalue weighted by Crippen LogP contribution is -2.34. The van der Waals surface area contributed by atoms with Gasteiger partial charge in [-0.25, -0.2) is 23.1 Å². The Labute approximate surface area is 296 Å². The highest BCUT2D eigenvalue weighted by atomic mass is 19.4. The Balaban J connectivity index is 1.47. The summed E-state index contributed by atoms with van der Waals surface area (Å²) in [6.45, 7) is 0. The van der Waals surface area contributed by atoms with Crippen molar-refractivity contribution >= 4 is 23.2 Å². The van der Waals surface area contributed by atoms with Crippen molar-refractivity contribution in [2.75, 3.05) is 24.9 Å². The van der Waals surface area contributed by atoms with Gasteiger partial charge in [-0.1, -0.05) is 6.07 Å². The van der Waals surface area contributed by atoms with Crippen LogP contribution in [-0.4, -0.2) is 36.0 Å². The van der Waals surface area contributed by atoms with Crippen LogP contribution in [0.5, 0.6) is 11.5 Å². The molecule has 10 nitrogen and oxygen atoms in total. The Morgan fingerprint density at radius 1 is 0.679 bits per heavy atom. The van der Waals surface area contributed by atoms with Crippen LogP contribution in [0.3, 0.4) is 0 Å². The third-order valence-electron chi connectivity index (χ3n) is 8.14. The average molecular weight is 737 g/mol. The second-order valence-electron chi connectivity index (χ2n) is 11.4. The minimum absolute atomic E-state index is 0.0269. The molecule has 2 amide bonds. The SMILES string of the molecule is COc1cc(NC(=O)C(c2cc(F)cc(C(F)(F)F)c2)C(C(=O)Nc2ccc(-c3cnco3)c(OC)c2)c2ccc(F)cc2F)ccc1-c1cnco1. The number of halogens is 6. The molecule has 16 heteroatoms. The van der Waals surface area contributed by atoms with E-state index in [4.69, 9.17) is 18.3 Å². The van der Waals surface area contributed by atoms with Crippen LogP contribution in [0.15, 0.2) is 107 Å². The molecule has 0 saturated carbocycles. The van der Waals surface area contributed by atoms with Crippen molar-refractivity contribution in [2.45, 2.75) is 18.0 Å². The highest BCUT2D eigenvalue weighted by molar-refractivity contribution is 6.05. The van der Waals surface area contributed by atoms with Crippen LogP contribution in [0, 0.1) is 17.5 Å². The monoisotopic (exact) mass is 736 g/mol. The van der Waals surface area contributed by atoms with Gasteiger partial charge in [-0.3, -0.25) is 9.59 Å². The zero-order chi connectivity index (χ0) is 37.9. The molecule has 0 fully saturated rings. The number of carbonyl (C=O) groups excluding carboxylic acids is 2. The minimum atomic E-state index is -5.08. The topological polar surface area (TPSA) is 129 Å². The predicted octanol–water partition coefficient (Wildman–Crippen LogP) is 8.59. The normalized spacial score (nSPS) is 12.5. The molecule has 53 heavy (non-hydrogen) atoms. The molecular weight excluding hydrogens is 710 g/mol. The number of nitrogens with one attached hydrogen (secondary N) is 2. The fourth-order valence-corrected chi connectivity index (χ4v) is 5.76. The Kier molecular flexibility index (Phi) is 10.2. The third kappa shape index (κ3) is 7.85. The van der Waals surface area contributed by atoms with Crippen molar-refractivity contribution in [2.24, 2.45) is 0 Å². The number of aromatic nitrogens is 2. The van der Waals surface area contributed by atoms with Gasteiger partial charge in [0.25, 0.3) is 0 Å². The summed E-state index contributed by atoms with van der Waals surface area (Å²) >= 11 is 0. The second-order valence-corrected chi connectivity index (χ2v) is 11.4. The van der Waals surface area contributed by atoms with E-state index >= 15 is 4.39 Å². The van der Waals surface area contributed by atoms with E-state index in [1.807, 2.05) is 0 Å². The van der Waals surface area contributed by atoms with Crippen LogP contribution in [0.25, 0.3) is 22.6 Å². The average Bonchev–Trinajstić information content (AvgIpc) is 3.86. The Bertz CT molecular complexity index is 2260. The maximum Gasteiger partial charge on any atom is 0.416 e. The van der Waals surface area contributed by atoms with Gasteiger partial charge in [0.05, 0.1) is 55.1 Å². The first-order chi connectivity index (χ1) is 25.4. The number of oxazole rings is 2. The van der Waals surface area contributed by atoms with Gasteiger partial charge < -0.3 is 28.9 Å². The van der Waals surface area contributed by atoms with Crippen molar-refractivity contribution in [3.8, 4) is 34.1 Å². The summed E-state index contributed by atoms with van der Waals surface area (Å²) in [5.74, 6) is -9.07. The van der Waals surface area contributed by atoms with Gasteiger partial charge in [0, 0.05) is 35.1 Å². The van der Waals surface area contributed by atoms with E-state index < -0.39 is 64.0 Å². The Morgan fingerprint density at radius 3 is 1.70 bits per heavy atom. The molecule has 2 unspecified atom stereocenters. The Hall–Kier alpha value is -6.58. The van der Waals surface area contributed by atoms with Gasteiger partial charge in [-0.05, 0) is 54.1 Å². The standard InChI is InChI=1S/C37H26F6N4O6/c1-50-29-13-23(4-7-26(29)31-15-44-17-52-31)46-35(48)33(19-9-20(37(41,42)43)11-22(39)10-19)34(25-6-3-21(38)12-28(25)40)36(49)47-24-5-8-27(30(14-24)51-2)32-16-45-18-53-32/h3-18,33-34H,1-2H3,(H,46,48)(H,47,49). The number of carbonyl (C=O) groups is 2. The molecule has 2 N–H and O–H groups in total. The first-order valence-corrected chi connectivity index (χ1v) is 15.4. The highest BCUT2D eigenvalue weighted by Crippen LogP contribution is 2.41. The van der Waals surface area contributed by atoms with Crippen LogP contribution in [-0.2, 0) is 15.8 Å². The van der Waals surface area contributed by atoms with Gasteiger partial charge in [0.15, 0.2) is 24.3 Å². The highest BCUT2D eigenvalue weighted by Gasteiger charge is 2.41. The number of alkyl halides is 3. The molecule has 0 aliphatic heterocycles. The molecule has 6 aromatic rings. The van der Waals surface area contributed by atoms with E-state index in [0.29, 0.717) is 40.8 Å². The van der Waals surface area contributed by atoms with Gasteiger partial charge in [0.2, 0.25) is 11.8 Å². The van der Waals surface area contributed by atoms with Crippen molar-refractivity contribution < 1.29 is 54.2 Å². The maximum absolute atomic E-state index is 15.6. The summed E-state index contributed by atoms with van der Waals surface area (Å²) in [6, 6.07) is 12.0. The summed E-state index contributed by atoms with van der Waals surface area (Å²) in [5, 5.41) is 5.07. The molecule has 0 spiro atoms. The van der Waals surface area contributed by atoms with Crippen molar-refractivity contribution in [1.82, 2.24) is 9.97 Å². The number of methoxy groups -OCH3 is 2. The zero-order valence-electron chi connectivity index (χ0n) is 27.5. The van der Waals surface area contributed by atoms with Crippen molar-refractivity contribution in [3.05, 3.63) is 132 Å². The molecule has 4 aromatic carbocycles. The van der Waals surface area contributed by atoms with Crippen LogP contribution in [0.4, 0.5) is 37.7 Å². The van der Waals surface area contributed by atoms with E-state index in [9.17, 15) is 31.5 Å². The summed E-state index contributed by atoms with van der Waals surface area (Å²) in [4.78, 5) is 36.4. The predicted molar refractivity (Wildman–Crippen MR) is 177 cm³/mol. The fraction of sp³-hybridized carbons (Fsp3) is 0.135. The molecule has 272 valence electrons. The molecule has 0 radical (unpaired) electrons. The first-order valence-electron chi connectivity index (χ1n) is 15.4. The summed E-state index contributed by atoms with van der Waals surface area (Å²) in [7, 11) is 2.67. The zero-order valence-corrected chi connectivity index (χ0v) is 27.5. The van der Waals surface area contributed by atoms with E-state index in [2.05, 4.69) is 20.6 Å². The molecule has 2 heterocycles. The largest absolute Gasteiger partial charge is 0.496 e. The van der Waals surface area contributed by atoms with Crippen LogP contribution < -0.4 is 20.1 Å². The molecule has 0 bridgehead atoms. The summed E-state index contributed by atoms with van der Waals surface area (Å²) in [5.41, 5.74) is -1.76. The lowest BCUT2D eigenvalue weighted by atomic mass is 9.79. The van der Waals surface area contributed by atoms with Crippen LogP contribution in [0.1, 0.15) is 28.5 Å². The van der Waals surface area contributed by atoms with Crippen molar-refractivity contribution in [1.29, 1.82) is 0 Å². The second kappa shape index (κ2) is 15.0. The third-order valence-corrected chi connectivity index (χ3v) is 8.14. The number of amides is 2. The fourth-order valence-electron chi connectivity index (χ4n) is 5.76. The van der Waals surface area contributed by atoms with E-state index in [0.717, 1.165) is 12.1 Å². The molecule has 2 aromatic heterocycles. The molecule has 2 atom stereocenters. The lowest BCUT2D eigenvalue weighted by molar-refractivity contribution is -0.138. The van der Waals surface area contributed by atoms with Gasteiger partial charge in [0.1, 0.15) is 29.0 Å². The number of benzene rings is 4. The van der Waals surface area contributed by atoms with Gasteiger partial charge in [-0.2, -0.15) is 13.2 Å². The molecule has 0 aliphatic rings. The minimum Gasteiger partial charge on any atom is -0.496 e. The van der Waals surface area contributed by atoms with Gasteiger partial charge >= 0.3 is 6.18 Å². The number of rotatable bonds is 11. The quantitative estimate of drug-likeness (QED) is 0.127. The number of anilines is 2. The Morgan fingerprint density at radius 2 is 1.23 bits per heavy atom. The number of nitrogens with zero attached hydrogens (tertiary/aromatic N) is 2. The molecule has 0 saturated heterocycles. The maximum atomic E-state index is 15.6. The molecule has 6 rings (SSSR count). The van der Waals surface area contributed by atoms with E-state index in [1.54, 1.807) is 0 Å². The smallest absolute Gasteiger partial charge is 0.416 e. The van der Waals surface area contributed by atoms with E-state index in [1.165, 1.54) is 75.8 Å². The molecule has 0 aliphatic carbocycles. The van der Waals surface area contributed by atoms with E-state index in [-0.39, 0.29) is 28.9 Å². The summed E-state index contributed by atoms with van der Waals surface area (Å²) in [6.07, 6.45) is 0.117. The van der Waals surface area contributed by atoms with Gasteiger partial charge in [-0.15, -0.1) is 0 Å². The van der Waals surface area contributed by atoms with Crippen LogP contribution >= 0.6 is 0 Å². The number of hydrogen-bond acceptors (Lipinski definition) is 8. The van der Waals surface area contributed by atoms with Crippen molar-refractivity contribution in [3.63, 3.8) is 0 Å². The number of ether oxygens (including phenoxy) is 2. The first kappa shape index (κ1) is 36.2. The summed E-state index contributed by atoms with van der Waals surface area (Å²) < 4.78 is 108. The number of hydrogen-bond donors (Lipinski definition) is 2. The van der Waals surface area contributed by atoms with Crippen LogP contribution in [0.2, 0.25) is 0 Å². The molecular formula is C37H26F6N4O6. The lowest BCUT2D eigenvalue weighted by Gasteiger charge is -2.28.